The Morgan fingerprint density at radius 2 is 1.93 bits per heavy atom. The number of rotatable bonds is 3. The van der Waals surface area contributed by atoms with Crippen molar-refractivity contribution in [3.05, 3.63) is 64.4 Å². The molecule has 0 radical (unpaired) electrons. The number of nitrogens with one attached hydrogen (secondary N) is 1. The Kier molecular flexibility index (Phi) is 4.11. The smallest absolute Gasteiger partial charge is 0.325 e. The Hall–Kier alpha value is -3.00. The molecule has 1 N–H and O–H groups in total. The molecule has 0 unspecified atom stereocenters. The highest BCUT2D eigenvalue weighted by Gasteiger charge is 2.50. The van der Waals surface area contributed by atoms with Gasteiger partial charge in [0.25, 0.3) is 5.91 Å². The third-order valence-electron chi connectivity index (χ3n) is 4.98. The quantitative estimate of drug-likeness (QED) is 0.680. The number of carbonyl (C=O) groups excluding carboxylic acids is 2. The van der Waals surface area contributed by atoms with Crippen LogP contribution in [0.4, 0.5) is 13.6 Å². The maximum absolute atomic E-state index is 14.2. The second-order valence-corrected chi connectivity index (χ2v) is 7.23. The molecule has 1 aliphatic rings. The highest BCUT2D eigenvalue weighted by Crippen LogP contribution is 2.32. The maximum atomic E-state index is 14.2. The molecule has 144 valence electrons. The van der Waals surface area contributed by atoms with Crippen molar-refractivity contribution in [1.29, 1.82) is 0 Å². The highest BCUT2D eigenvalue weighted by atomic mass is 35.5. The summed E-state index contributed by atoms with van der Waals surface area (Å²) in [5, 5.41) is 2.98. The van der Waals surface area contributed by atoms with E-state index in [2.05, 4.69) is 10.3 Å². The first-order chi connectivity index (χ1) is 13.2. The molecule has 0 bridgehead atoms. The number of urea groups is 1. The summed E-state index contributed by atoms with van der Waals surface area (Å²) in [4.78, 5) is 30.8. The van der Waals surface area contributed by atoms with E-state index in [4.69, 9.17) is 11.6 Å². The van der Waals surface area contributed by atoms with Crippen molar-refractivity contribution >= 4 is 34.6 Å². The molecular formula is C19H15ClF2N4O2. The number of hydrogen-bond acceptors (Lipinski definition) is 3. The van der Waals surface area contributed by atoms with E-state index in [1.54, 1.807) is 29.8 Å². The molecule has 1 saturated heterocycles. The fraction of sp³-hybridized carbons (Fsp3) is 0.211. The number of imide groups is 1. The Bertz CT molecular complexity index is 1150. The van der Waals surface area contributed by atoms with Crippen molar-refractivity contribution in [3.8, 4) is 0 Å². The van der Waals surface area contributed by atoms with Gasteiger partial charge in [-0.3, -0.25) is 9.69 Å². The lowest BCUT2D eigenvalue weighted by molar-refractivity contribution is -0.131. The number of hydrogen-bond donors (Lipinski definition) is 1. The lowest BCUT2D eigenvalue weighted by atomic mass is 9.91. The lowest BCUT2D eigenvalue weighted by Crippen LogP contribution is -2.41. The van der Waals surface area contributed by atoms with Crippen LogP contribution in [-0.2, 0) is 23.9 Å². The molecule has 3 amide bonds. The van der Waals surface area contributed by atoms with Gasteiger partial charge in [0.2, 0.25) is 0 Å². The van der Waals surface area contributed by atoms with E-state index in [-0.39, 0.29) is 12.1 Å². The fourth-order valence-corrected chi connectivity index (χ4v) is 3.58. The Labute approximate surface area is 163 Å². The molecule has 1 aromatic heterocycles. The van der Waals surface area contributed by atoms with Gasteiger partial charge in [-0.05, 0) is 43.3 Å². The van der Waals surface area contributed by atoms with Gasteiger partial charge in [-0.25, -0.2) is 18.6 Å². The van der Waals surface area contributed by atoms with Crippen LogP contribution < -0.4 is 5.32 Å². The molecule has 2 heterocycles. The summed E-state index contributed by atoms with van der Waals surface area (Å²) in [5.74, 6) is -1.72. The van der Waals surface area contributed by atoms with Gasteiger partial charge in [-0.1, -0.05) is 11.6 Å². The Morgan fingerprint density at radius 1 is 1.18 bits per heavy atom. The zero-order valence-corrected chi connectivity index (χ0v) is 15.7. The van der Waals surface area contributed by atoms with Crippen LogP contribution in [0.1, 0.15) is 18.3 Å². The monoisotopic (exact) mass is 404 g/mol. The van der Waals surface area contributed by atoms with Gasteiger partial charge in [0.1, 0.15) is 23.0 Å². The molecule has 28 heavy (non-hydrogen) atoms. The predicted octanol–water partition coefficient (Wildman–Crippen LogP) is 3.47. The Morgan fingerprint density at radius 3 is 2.68 bits per heavy atom. The normalized spacial score (nSPS) is 19.5. The first kappa shape index (κ1) is 18.4. The van der Waals surface area contributed by atoms with Gasteiger partial charge >= 0.3 is 6.03 Å². The molecule has 4 rings (SSSR count). The number of carbonyl (C=O) groups is 2. The van der Waals surface area contributed by atoms with Crippen LogP contribution in [0.25, 0.3) is 11.0 Å². The summed E-state index contributed by atoms with van der Waals surface area (Å²) >= 11 is 5.99. The zero-order valence-electron chi connectivity index (χ0n) is 15.0. The minimum atomic E-state index is -1.71. The predicted molar refractivity (Wildman–Crippen MR) is 98.5 cm³/mol. The number of fused-ring (bicyclic) bond motifs is 1. The highest BCUT2D eigenvalue weighted by molar-refractivity contribution is 6.31. The molecule has 2 aromatic carbocycles. The zero-order chi connectivity index (χ0) is 20.2. The third-order valence-corrected chi connectivity index (χ3v) is 5.21. The second kappa shape index (κ2) is 6.27. The van der Waals surface area contributed by atoms with Gasteiger partial charge in [0, 0.05) is 17.6 Å². The van der Waals surface area contributed by atoms with E-state index < -0.39 is 29.1 Å². The van der Waals surface area contributed by atoms with Crippen molar-refractivity contribution in [2.75, 3.05) is 0 Å². The summed E-state index contributed by atoms with van der Waals surface area (Å²) in [5.41, 5.74) is -0.538. The molecule has 0 aliphatic carbocycles. The van der Waals surface area contributed by atoms with Crippen molar-refractivity contribution in [3.63, 3.8) is 0 Å². The topological polar surface area (TPSA) is 67.2 Å². The minimum Gasteiger partial charge on any atom is -0.330 e. The van der Waals surface area contributed by atoms with Gasteiger partial charge in [-0.2, -0.15) is 0 Å². The van der Waals surface area contributed by atoms with E-state index in [0.717, 1.165) is 28.6 Å². The number of imidazole rings is 1. The molecule has 0 spiro atoms. The molecule has 3 aromatic rings. The standard InChI is InChI=1S/C19H15ClF2N4O2/c1-19(12-8-11(21)4-5-13(12)22)17(27)26(18(28)24-19)9-16-23-14-7-10(20)3-6-15(14)25(16)2/h3-8H,9H2,1-2H3,(H,24,28)/t19-/m0/s1. The molecular weight excluding hydrogens is 390 g/mol. The maximum Gasteiger partial charge on any atom is 0.325 e. The third kappa shape index (κ3) is 2.72. The summed E-state index contributed by atoms with van der Waals surface area (Å²) in [6.45, 7) is 1.22. The number of nitrogens with zero attached hydrogens (tertiary/aromatic N) is 3. The van der Waals surface area contributed by atoms with E-state index in [1.807, 2.05) is 0 Å². The summed E-state index contributed by atoms with van der Waals surface area (Å²) in [6.07, 6.45) is 0. The van der Waals surface area contributed by atoms with Crippen LogP contribution in [-0.4, -0.2) is 26.4 Å². The van der Waals surface area contributed by atoms with Crippen LogP contribution in [0, 0.1) is 11.6 Å². The van der Waals surface area contributed by atoms with Gasteiger partial charge in [-0.15, -0.1) is 0 Å². The summed E-state index contributed by atoms with van der Waals surface area (Å²) in [7, 11) is 1.75. The molecule has 1 aliphatic heterocycles. The van der Waals surface area contributed by atoms with E-state index in [9.17, 15) is 18.4 Å². The van der Waals surface area contributed by atoms with E-state index in [0.29, 0.717) is 16.4 Å². The van der Waals surface area contributed by atoms with Gasteiger partial charge in [0.05, 0.1) is 17.6 Å². The molecule has 0 saturated carbocycles. The first-order valence-electron chi connectivity index (χ1n) is 8.41. The van der Waals surface area contributed by atoms with Crippen LogP contribution in [0.3, 0.4) is 0 Å². The van der Waals surface area contributed by atoms with Gasteiger partial charge in [0.15, 0.2) is 0 Å². The number of aromatic nitrogens is 2. The van der Waals surface area contributed by atoms with Gasteiger partial charge < -0.3 is 9.88 Å². The number of benzene rings is 2. The molecule has 1 fully saturated rings. The van der Waals surface area contributed by atoms with E-state index in [1.165, 1.54) is 6.92 Å². The second-order valence-electron chi connectivity index (χ2n) is 6.79. The van der Waals surface area contributed by atoms with Crippen molar-refractivity contribution < 1.29 is 18.4 Å². The summed E-state index contributed by atoms with van der Waals surface area (Å²) in [6, 6.07) is 7.26. The van der Waals surface area contributed by atoms with Crippen LogP contribution in [0.15, 0.2) is 36.4 Å². The molecule has 9 heteroatoms. The van der Waals surface area contributed by atoms with Crippen LogP contribution in [0.5, 0.6) is 0 Å². The van der Waals surface area contributed by atoms with E-state index >= 15 is 0 Å². The minimum absolute atomic E-state index is 0.125. The Balaban J connectivity index is 1.70. The number of halogens is 3. The fourth-order valence-electron chi connectivity index (χ4n) is 3.41. The average Bonchev–Trinajstić information content (AvgIpc) is 3.06. The number of aryl methyl sites for hydroxylation is 1. The van der Waals surface area contributed by atoms with Crippen molar-refractivity contribution in [2.45, 2.75) is 19.0 Å². The molecule has 6 nitrogen and oxygen atoms in total. The number of amides is 3. The van der Waals surface area contributed by atoms with Crippen LogP contribution in [0.2, 0.25) is 5.02 Å². The van der Waals surface area contributed by atoms with Crippen LogP contribution >= 0.6 is 11.6 Å². The lowest BCUT2D eigenvalue weighted by Gasteiger charge is -2.22. The van der Waals surface area contributed by atoms with Crippen molar-refractivity contribution in [1.82, 2.24) is 19.8 Å². The molecule has 1 atom stereocenters. The van der Waals surface area contributed by atoms with Crippen molar-refractivity contribution in [2.24, 2.45) is 7.05 Å². The largest absolute Gasteiger partial charge is 0.330 e. The SMILES string of the molecule is Cn1c(CN2C(=O)N[C@@](C)(c3cc(F)ccc3F)C2=O)nc2cc(Cl)ccc21. The summed E-state index contributed by atoms with van der Waals surface area (Å²) < 4.78 is 29.6. The average molecular weight is 405 g/mol. The first-order valence-corrected chi connectivity index (χ1v) is 8.79.